The van der Waals surface area contributed by atoms with Crippen LogP contribution in [0.15, 0.2) is 30.3 Å². The third-order valence-corrected chi connectivity index (χ3v) is 6.61. The number of nitrogens with one attached hydrogen (secondary N) is 1. The Balaban J connectivity index is 0.000000352. The third kappa shape index (κ3) is 7.59. The standard InChI is InChI=1S/C10H15P.C3H7NS2.Au/c1-3-11(4-2)10-8-6-5-7-9-10;5-3-4-1-2-6-3;/h5-9H,3-4H2,1-2H3;3-5H,1-2H2;/q;;+1/p-1. The monoisotopic (exact) mass is 483 g/mol. The van der Waals surface area contributed by atoms with Crippen molar-refractivity contribution in [2.24, 2.45) is 0 Å². The van der Waals surface area contributed by atoms with Gasteiger partial charge in [-0.2, -0.15) is 11.8 Å². The van der Waals surface area contributed by atoms with Gasteiger partial charge in [0.15, 0.2) is 0 Å². The Hall–Kier alpha value is 1.05. The molecule has 0 radical (unpaired) electrons. The van der Waals surface area contributed by atoms with E-state index < -0.39 is 0 Å². The smallest absolute Gasteiger partial charge is 0.763 e. The van der Waals surface area contributed by atoms with Crippen LogP contribution in [0.3, 0.4) is 0 Å². The first kappa shape index (κ1) is 19.1. The molecule has 106 valence electrons. The van der Waals surface area contributed by atoms with Crippen LogP contribution in [0.1, 0.15) is 13.8 Å². The van der Waals surface area contributed by atoms with Crippen LogP contribution in [0, 0.1) is 0 Å². The molecule has 0 amide bonds. The Morgan fingerprint density at radius 2 is 1.89 bits per heavy atom. The van der Waals surface area contributed by atoms with Gasteiger partial charge in [-0.15, -0.1) is 0 Å². The van der Waals surface area contributed by atoms with Crippen molar-refractivity contribution in [3.63, 3.8) is 0 Å². The number of thioether (sulfide) groups is 1. The van der Waals surface area contributed by atoms with Crippen molar-refractivity contribution in [1.29, 1.82) is 0 Å². The van der Waals surface area contributed by atoms with Gasteiger partial charge in [0.2, 0.25) is 0 Å². The first-order chi connectivity index (χ1) is 8.27. The summed E-state index contributed by atoms with van der Waals surface area (Å²) >= 11 is 6.66. The molecule has 1 heterocycles. The summed E-state index contributed by atoms with van der Waals surface area (Å²) in [5.41, 5.74) is 0. The van der Waals surface area contributed by atoms with Crippen LogP contribution in [-0.4, -0.2) is 29.3 Å². The second kappa shape index (κ2) is 11.8. The van der Waals surface area contributed by atoms with E-state index in [9.17, 15) is 0 Å². The maximum Gasteiger partial charge on any atom is 1.00 e. The van der Waals surface area contributed by atoms with Gasteiger partial charge in [-0.1, -0.05) is 56.8 Å². The molecule has 0 spiro atoms. The van der Waals surface area contributed by atoms with E-state index >= 15 is 0 Å². The minimum absolute atomic E-state index is 0. The van der Waals surface area contributed by atoms with Crippen LogP contribution in [0.5, 0.6) is 0 Å². The van der Waals surface area contributed by atoms with Gasteiger partial charge in [-0.05, 0) is 17.6 Å². The van der Waals surface area contributed by atoms with Crippen LogP contribution in [0.2, 0.25) is 0 Å². The van der Waals surface area contributed by atoms with Crippen molar-refractivity contribution in [3.05, 3.63) is 30.3 Å². The molecule has 1 unspecified atom stereocenters. The van der Waals surface area contributed by atoms with Crippen molar-refractivity contribution >= 4 is 37.6 Å². The van der Waals surface area contributed by atoms with E-state index in [4.69, 9.17) is 12.6 Å². The quantitative estimate of drug-likeness (QED) is 0.404. The van der Waals surface area contributed by atoms with Gasteiger partial charge in [-0.3, -0.25) is 0 Å². The molecule has 1 saturated heterocycles. The Kier molecular flexibility index (Phi) is 12.5. The largest absolute Gasteiger partial charge is 1.00 e. The average Bonchev–Trinajstić information content (AvgIpc) is 2.84. The molecule has 0 bridgehead atoms. The predicted molar refractivity (Wildman–Crippen MR) is 85.7 cm³/mol. The molecule has 1 atom stereocenters. The second-order valence-corrected chi connectivity index (χ2v) is 8.51. The van der Waals surface area contributed by atoms with Gasteiger partial charge in [0.1, 0.15) is 0 Å². The van der Waals surface area contributed by atoms with E-state index in [2.05, 4.69) is 49.5 Å². The minimum atomic E-state index is 0. The van der Waals surface area contributed by atoms with Crippen LogP contribution < -0.4 is 10.6 Å². The van der Waals surface area contributed by atoms with Gasteiger partial charge in [0.25, 0.3) is 0 Å². The predicted octanol–water partition coefficient (Wildman–Crippen LogP) is 2.98. The Labute approximate surface area is 138 Å². The van der Waals surface area contributed by atoms with Gasteiger partial charge >= 0.3 is 22.4 Å². The van der Waals surface area contributed by atoms with E-state index in [1.165, 1.54) is 18.1 Å². The van der Waals surface area contributed by atoms with Crippen molar-refractivity contribution in [3.8, 4) is 0 Å². The molecule has 1 nitrogen and oxygen atoms in total. The summed E-state index contributed by atoms with van der Waals surface area (Å²) in [6.07, 6.45) is 2.63. The fraction of sp³-hybridized carbons (Fsp3) is 0.538. The average molecular weight is 483 g/mol. The summed E-state index contributed by atoms with van der Waals surface area (Å²) in [7, 11) is 0.149. The molecule has 1 N–H and O–H groups in total. The molecule has 1 aliphatic heterocycles. The minimum Gasteiger partial charge on any atom is -0.763 e. The normalized spacial score (nSPS) is 17.9. The SMILES string of the molecule is CCP(CC)c1ccccc1.[Au+].[S-]C1NCCS1. The van der Waals surface area contributed by atoms with Crippen LogP contribution in [-0.2, 0) is 35.0 Å². The summed E-state index contributed by atoms with van der Waals surface area (Å²) in [5, 5.41) is 4.65. The molecule has 1 aromatic carbocycles. The van der Waals surface area contributed by atoms with Crippen LogP contribution in [0.4, 0.5) is 0 Å². The molecule has 0 saturated carbocycles. The molecule has 1 aliphatic rings. The Morgan fingerprint density at radius 3 is 2.22 bits per heavy atom. The molecule has 2 rings (SSSR count). The van der Waals surface area contributed by atoms with Crippen molar-refractivity contribution in [1.82, 2.24) is 5.32 Å². The van der Waals surface area contributed by atoms with Gasteiger partial charge in [-0.25, -0.2) is 0 Å². The fourth-order valence-corrected chi connectivity index (χ4v) is 4.49. The zero-order valence-electron chi connectivity index (χ0n) is 10.9. The second-order valence-electron chi connectivity index (χ2n) is 3.66. The maximum absolute atomic E-state index is 4.85. The molecule has 0 aromatic heterocycles. The van der Waals surface area contributed by atoms with Crippen molar-refractivity contribution < 1.29 is 22.4 Å². The molecule has 18 heavy (non-hydrogen) atoms. The van der Waals surface area contributed by atoms with E-state index in [0.29, 0.717) is 4.71 Å². The van der Waals surface area contributed by atoms with Crippen molar-refractivity contribution in [2.45, 2.75) is 18.6 Å². The topological polar surface area (TPSA) is 12.0 Å². The van der Waals surface area contributed by atoms with Crippen LogP contribution >= 0.6 is 19.7 Å². The summed E-state index contributed by atoms with van der Waals surface area (Å²) in [6, 6.07) is 10.9. The molecule has 1 aromatic rings. The van der Waals surface area contributed by atoms with Crippen molar-refractivity contribution in [2.75, 3.05) is 24.6 Å². The Morgan fingerprint density at radius 1 is 1.28 bits per heavy atom. The summed E-state index contributed by atoms with van der Waals surface area (Å²) < 4.78 is 0.296. The maximum atomic E-state index is 4.85. The summed E-state index contributed by atoms with van der Waals surface area (Å²) in [4.78, 5) is 0. The molecule has 0 aliphatic carbocycles. The van der Waals surface area contributed by atoms with E-state index in [-0.39, 0.29) is 30.3 Å². The Bertz CT molecular complexity index is 290. The number of rotatable bonds is 3. The number of hydrogen-bond donors (Lipinski definition) is 1. The first-order valence-electron chi connectivity index (χ1n) is 6.08. The summed E-state index contributed by atoms with van der Waals surface area (Å²) in [6.45, 7) is 5.66. The fourth-order valence-electron chi connectivity index (χ4n) is 1.63. The van der Waals surface area contributed by atoms with Gasteiger partial charge in [0, 0.05) is 12.3 Å². The molecular weight excluding hydrogens is 462 g/mol. The molecular formula is C13H21AuNPS2. The first-order valence-corrected chi connectivity index (χ1v) is 9.32. The zero-order valence-corrected chi connectivity index (χ0v) is 15.6. The van der Waals surface area contributed by atoms with E-state index in [1.54, 1.807) is 17.1 Å². The summed E-state index contributed by atoms with van der Waals surface area (Å²) in [5.74, 6) is 1.19. The van der Waals surface area contributed by atoms with Gasteiger partial charge < -0.3 is 17.9 Å². The molecule has 5 heteroatoms. The van der Waals surface area contributed by atoms with Gasteiger partial charge in [0.05, 0.1) is 0 Å². The number of benzene rings is 1. The molecule has 1 fully saturated rings. The number of hydrogen-bond acceptors (Lipinski definition) is 3. The zero-order chi connectivity index (χ0) is 12.5. The van der Waals surface area contributed by atoms with E-state index in [0.717, 1.165) is 6.54 Å². The van der Waals surface area contributed by atoms with Crippen LogP contribution in [0.25, 0.3) is 0 Å². The van der Waals surface area contributed by atoms with E-state index in [1.807, 2.05) is 0 Å². The third-order valence-electron chi connectivity index (χ3n) is 2.57.